The molecular weight excluding hydrogens is 422 g/mol. The van der Waals surface area contributed by atoms with Gasteiger partial charge >= 0.3 is 0 Å². The molecule has 0 aromatic heterocycles. The van der Waals surface area contributed by atoms with Crippen LogP contribution in [0.4, 0.5) is 0 Å². The summed E-state index contributed by atoms with van der Waals surface area (Å²) >= 11 is 2.38. The van der Waals surface area contributed by atoms with Crippen molar-refractivity contribution >= 4 is 46.4 Å². The monoisotopic (exact) mass is 446 g/mol. The fourth-order valence-electron chi connectivity index (χ4n) is 2.18. The van der Waals surface area contributed by atoms with Crippen LogP contribution < -0.4 is 15.9 Å². The zero-order chi connectivity index (χ0) is 17.4. The van der Waals surface area contributed by atoms with Crippen molar-refractivity contribution in [3.05, 3.63) is 91.0 Å². The zero-order valence-corrected chi connectivity index (χ0v) is 17.5. The molecule has 0 bridgehead atoms. The van der Waals surface area contributed by atoms with Gasteiger partial charge in [-0.05, 0) is 23.8 Å². The van der Waals surface area contributed by atoms with Crippen molar-refractivity contribution in [1.29, 1.82) is 0 Å². The minimum atomic E-state index is -0.446. The SMILES string of the molecule is CC(C)(C)I.c1ccc(P(c2ccccc2)c2ccccc2)cc1. The summed E-state index contributed by atoms with van der Waals surface area (Å²) in [4.78, 5) is 0. The standard InChI is InChI=1S/C18H15P.C4H9I/c1-4-10-16(11-5-1)19(17-12-6-2-7-13-17)18-14-8-3-9-15-18;1-4(2,3)5/h1-15H;1-3H3. The van der Waals surface area contributed by atoms with E-state index in [9.17, 15) is 0 Å². The van der Waals surface area contributed by atoms with E-state index in [-0.39, 0.29) is 0 Å². The molecule has 0 amide bonds. The molecule has 3 rings (SSSR count). The third-order valence-electron chi connectivity index (χ3n) is 3.04. The van der Waals surface area contributed by atoms with Gasteiger partial charge in [-0.1, -0.05) is 134 Å². The summed E-state index contributed by atoms with van der Waals surface area (Å²) in [5.41, 5.74) is 0. The summed E-state index contributed by atoms with van der Waals surface area (Å²) in [5, 5.41) is 4.19. The highest BCUT2D eigenvalue weighted by Crippen LogP contribution is 2.32. The van der Waals surface area contributed by atoms with Gasteiger partial charge in [-0.2, -0.15) is 0 Å². The molecule has 2 heteroatoms. The van der Waals surface area contributed by atoms with E-state index in [1.54, 1.807) is 0 Å². The van der Waals surface area contributed by atoms with E-state index in [4.69, 9.17) is 0 Å². The first-order valence-electron chi connectivity index (χ1n) is 8.09. The second kappa shape index (κ2) is 9.34. The van der Waals surface area contributed by atoms with Crippen molar-refractivity contribution in [2.45, 2.75) is 24.2 Å². The van der Waals surface area contributed by atoms with Crippen LogP contribution in [0.1, 0.15) is 20.8 Å². The third kappa shape index (κ3) is 6.75. The van der Waals surface area contributed by atoms with E-state index in [0.717, 1.165) is 0 Å². The Labute approximate surface area is 161 Å². The number of hydrogen-bond donors (Lipinski definition) is 0. The van der Waals surface area contributed by atoms with Crippen LogP contribution in [0.2, 0.25) is 0 Å². The molecule has 0 aliphatic rings. The highest BCUT2D eigenvalue weighted by Gasteiger charge is 2.14. The average Bonchev–Trinajstić information content (AvgIpc) is 2.57. The predicted molar refractivity (Wildman–Crippen MR) is 119 cm³/mol. The molecular formula is C22H24IP. The largest absolute Gasteiger partial charge is 0.0798 e. The van der Waals surface area contributed by atoms with Crippen LogP contribution in [-0.4, -0.2) is 3.42 Å². The van der Waals surface area contributed by atoms with E-state index in [1.807, 2.05) is 0 Å². The second-order valence-corrected chi connectivity index (χ2v) is 11.9. The topological polar surface area (TPSA) is 0 Å². The fraction of sp³-hybridized carbons (Fsp3) is 0.182. The summed E-state index contributed by atoms with van der Waals surface area (Å²) in [7, 11) is -0.446. The highest BCUT2D eigenvalue weighted by molar-refractivity contribution is 14.1. The fourth-order valence-corrected chi connectivity index (χ4v) is 4.48. The first kappa shape index (κ1) is 19.1. The van der Waals surface area contributed by atoms with Gasteiger partial charge in [-0.15, -0.1) is 0 Å². The molecule has 3 aromatic rings. The lowest BCUT2D eigenvalue weighted by atomic mass is 10.3. The van der Waals surface area contributed by atoms with Crippen LogP contribution in [-0.2, 0) is 0 Å². The van der Waals surface area contributed by atoms with Gasteiger partial charge in [0.1, 0.15) is 0 Å². The van der Waals surface area contributed by atoms with Crippen molar-refractivity contribution in [1.82, 2.24) is 0 Å². The van der Waals surface area contributed by atoms with Crippen LogP contribution in [0.5, 0.6) is 0 Å². The Hall–Kier alpha value is -1.18. The third-order valence-corrected chi connectivity index (χ3v) is 5.49. The van der Waals surface area contributed by atoms with Crippen molar-refractivity contribution in [2.24, 2.45) is 0 Å². The molecule has 3 aromatic carbocycles. The predicted octanol–water partition coefficient (Wildman–Crippen LogP) is 5.66. The Morgan fingerprint density at radius 3 is 0.958 bits per heavy atom. The Kier molecular flexibility index (Phi) is 7.45. The number of benzene rings is 3. The van der Waals surface area contributed by atoms with Crippen LogP contribution >= 0.6 is 30.5 Å². The van der Waals surface area contributed by atoms with Crippen molar-refractivity contribution in [3.8, 4) is 0 Å². The summed E-state index contributed by atoms with van der Waals surface area (Å²) in [6.45, 7) is 6.52. The number of halogens is 1. The smallest absolute Gasteiger partial charge is 0.0137 e. The molecule has 0 heterocycles. The molecule has 0 saturated carbocycles. The van der Waals surface area contributed by atoms with E-state index in [1.165, 1.54) is 15.9 Å². The molecule has 0 spiro atoms. The van der Waals surface area contributed by atoms with E-state index in [2.05, 4.69) is 134 Å². The Morgan fingerprint density at radius 2 is 0.750 bits per heavy atom. The van der Waals surface area contributed by atoms with Crippen molar-refractivity contribution < 1.29 is 0 Å². The number of rotatable bonds is 3. The lowest BCUT2D eigenvalue weighted by molar-refractivity contribution is 0.846. The molecule has 0 saturated heterocycles. The van der Waals surface area contributed by atoms with Gasteiger partial charge in [0.2, 0.25) is 0 Å². The first-order valence-corrected chi connectivity index (χ1v) is 10.5. The van der Waals surface area contributed by atoms with E-state index < -0.39 is 7.92 Å². The summed E-state index contributed by atoms with van der Waals surface area (Å²) in [6.07, 6.45) is 0. The molecule has 0 radical (unpaired) electrons. The lowest BCUT2D eigenvalue weighted by Crippen LogP contribution is -2.20. The van der Waals surface area contributed by atoms with E-state index >= 15 is 0 Å². The maximum atomic E-state index is 2.38. The molecule has 0 atom stereocenters. The summed E-state index contributed by atoms with van der Waals surface area (Å²) < 4.78 is 0.470. The Bertz CT molecular complexity index is 603. The normalized spacial score (nSPS) is 10.9. The second-order valence-electron chi connectivity index (χ2n) is 6.41. The first-order chi connectivity index (χ1) is 11.4. The lowest BCUT2D eigenvalue weighted by Gasteiger charge is -2.18. The van der Waals surface area contributed by atoms with Gasteiger partial charge < -0.3 is 0 Å². The quantitative estimate of drug-likeness (QED) is 0.277. The van der Waals surface area contributed by atoms with Crippen LogP contribution in [0.3, 0.4) is 0 Å². The Morgan fingerprint density at radius 1 is 0.542 bits per heavy atom. The van der Waals surface area contributed by atoms with Gasteiger partial charge in [0, 0.05) is 3.42 Å². The van der Waals surface area contributed by atoms with Crippen LogP contribution in [0.25, 0.3) is 0 Å². The Balaban J connectivity index is 0.000000368. The van der Waals surface area contributed by atoms with Gasteiger partial charge in [-0.3, -0.25) is 0 Å². The zero-order valence-electron chi connectivity index (χ0n) is 14.5. The van der Waals surface area contributed by atoms with E-state index in [0.29, 0.717) is 3.42 Å². The number of hydrogen-bond acceptors (Lipinski definition) is 0. The molecule has 0 nitrogen and oxygen atoms in total. The molecule has 0 aliphatic heterocycles. The molecule has 24 heavy (non-hydrogen) atoms. The molecule has 0 fully saturated rings. The van der Waals surface area contributed by atoms with Crippen molar-refractivity contribution in [2.75, 3.05) is 0 Å². The van der Waals surface area contributed by atoms with Gasteiger partial charge in [0.15, 0.2) is 0 Å². The number of alkyl halides is 1. The average molecular weight is 446 g/mol. The van der Waals surface area contributed by atoms with Crippen LogP contribution in [0, 0.1) is 0 Å². The van der Waals surface area contributed by atoms with Crippen LogP contribution in [0.15, 0.2) is 91.0 Å². The van der Waals surface area contributed by atoms with Gasteiger partial charge in [0.25, 0.3) is 0 Å². The highest BCUT2D eigenvalue weighted by atomic mass is 127. The molecule has 0 N–H and O–H groups in total. The maximum absolute atomic E-state index is 2.38. The summed E-state index contributed by atoms with van der Waals surface area (Å²) in [6, 6.07) is 32.3. The molecule has 0 unspecified atom stereocenters. The minimum Gasteiger partial charge on any atom is -0.0798 e. The maximum Gasteiger partial charge on any atom is 0.0137 e. The molecule has 124 valence electrons. The van der Waals surface area contributed by atoms with Gasteiger partial charge in [-0.25, -0.2) is 0 Å². The summed E-state index contributed by atoms with van der Waals surface area (Å²) in [5.74, 6) is 0. The minimum absolute atomic E-state index is 0.446. The van der Waals surface area contributed by atoms with Gasteiger partial charge in [0.05, 0.1) is 0 Å². The molecule has 0 aliphatic carbocycles. The van der Waals surface area contributed by atoms with Crippen molar-refractivity contribution in [3.63, 3.8) is 0 Å².